The van der Waals surface area contributed by atoms with Crippen molar-refractivity contribution in [1.29, 1.82) is 0 Å². The first-order valence-corrected chi connectivity index (χ1v) is 7.12. The van der Waals surface area contributed by atoms with Gasteiger partial charge in [-0.1, -0.05) is 36.9 Å². The molecule has 0 heterocycles. The third-order valence-corrected chi connectivity index (χ3v) is 3.83. The standard InChI is InChI=1S/C17H22O3/c1-3-17(20-14(2)18)11-9-16(10-12-17)19-13-15-7-5-4-6-8-15/h3-8,16H,1,9-13H2,2H3. The molecule has 1 fully saturated rings. The molecule has 0 bridgehead atoms. The molecular formula is C17H22O3. The third-order valence-electron chi connectivity index (χ3n) is 3.83. The fraction of sp³-hybridized carbons (Fsp3) is 0.471. The van der Waals surface area contributed by atoms with E-state index < -0.39 is 5.60 Å². The maximum atomic E-state index is 11.2. The van der Waals surface area contributed by atoms with Gasteiger partial charge in [-0.3, -0.25) is 4.79 Å². The van der Waals surface area contributed by atoms with E-state index in [0.717, 1.165) is 25.7 Å². The van der Waals surface area contributed by atoms with Crippen LogP contribution in [0.4, 0.5) is 0 Å². The first-order chi connectivity index (χ1) is 9.63. The summed E-state index contributed by atoms with van der Waals surface area (Å²) in [7, 11) is 0. The van der Waals surface area contributed by atoms with E-state index in [-0.39, 0.29) is 12.1 Å². The van der Waals surface area contributed by atoms with Gasteiger partial charge >= 0.3 is 5.97 Å². The van der Waals surface area contributed by atoms with Crippen molar-refractivity contribution in [3.8, 4) is 0 Å². The molecule has 0 radical (unpaired) electrons. The Labute approximate surface area is 120 Å². The Balaban J connectivity index is 1.82. The Bertz CT molecular complexity index is 445. The number of carbonyl (C=O) groups excluding carboxylic acids is 1. The molecule has 0 spiro atoms. The maximum absolute atomic E-state index is 11.2. The summed E-state index contributed by atoms with van der Waals surface area (Å²) in [5.74, 6) is -0.242. The number of rotatable bonds is 5. The van der Waals surface area contributed by atoms with Crippen molar-refractivity contribution in [3.63, 3.8) is 0 Å². The average Bonchev–Trinajstić information content (AvgIpc) is 2.47. The van der Waals surface area contributed by atoms with Gasteiger partial charge in [-0.05, 0) is 37.3 Å². The highest BCUT2D eigenvalue weighted by atomic mass is 16.6. The summed E-state index contributed by atoms with van der Waals surface area (Å²) < 4.78 is 11.4. The van der Waals surface area contributed by atoms with Crippen LogP contribution in [-0.2, 0) is 20.9 Å². The van der Waals surface area contributed by atoms with Gasteiger partial charge in [-0.2, -0.15) is 0 Å². The van der Waals surface area contributed by atoms with Gasteiger partial charge in [0.05, 0.1) is 12.7 Å². The third kappa shape index (κ3) is 3.94. The largest absolute Gasteiger partial charge is 0.455 e. The maximum Gasteiger partial charge on any atom is 0.303 e. The number of esters is 1. The number of hydrogen-bond donors (Lipinski definition) is 0. The van der Waals surface area contributed by atoms with E-state index in [9.17, 15) is 4.79 Å². The van der Waals surface area contributed by atoms with E-state index in [2.05, 4.69) is 18.7 Å². The number of ether oxygens (including phenoxy) is 2. The SMILES string of the molecule is C=CC1(OC(C)=O)CCC(OCc2ccccc2)CC1. The predicted molar refractivity (Wildman–Crippen MR) is 78.2 cm³/mol. The predicted octanol–water partition coefficient (Wildman–Crippen LogP) is 3.63. The number of carbonyl (C=O) groups is 1. The second-order valence-electron chi connectivity index (χ2n) is 5.36. The lowest BCUT2D eigenvalue weighted by Crippen LogP contribution is -2.38. The number of benzene rings is 1. The van der Waals surface area contributed by atoms with Gasteiger partial charge in [0.15, 0.2) is 0 Å². The molecule has 1 aliphatic rings. The molecular weight excluding hydrogens is 252 g/mol. The summed E-state index contributed by atoms with van der Waals surface area (Å²) >= 11 is 0. The highest BCUT2D eigenvalue weighted by molar-refractivity contribution is 5.66. The quantitative estimate of drug-likeness (QED) is 0.607. The van der Waals surface area contributed by atoms with E-state index in [0.29, 0.717) is 6.61 Å². The molecule has 0 aromatic heterocycles. The monoisotopic (exact) mass is 274 g/mol. The summed E-state index contributed by atoms with van der Waals surface area (Å²) in [5, 5.41) is 0. The zero-order valence-corrected chi connectivity index (χ0v) is 12.0. The minimum Gasteiger partial charge on any atom is -0.455 e. The molecule has 1 aromatic carbocycles. The lowest BCUT2D eigenvalue weighted by atomic mass is 9.83. The average molecular weight is 274 g/mol. The fourth-order valence-corrected chi connectivity index (χ4v) is 2.67. The van der Waals surface area contributed by atoms with Crippen molar-refractivity contribution in [3.05, 3.63) is 48.6 Å². The fourth-order valence-electron chi connectivity index (χ4n) is 2.67. The minimum atomic E-state index is -0.488. The Hall–Kier alpha value is -1.61. The second kappa shape index (κ2) is 6.71. The molecule has 108 valence electrons. The minimum absolute atomic E-state index is 0.235. The molecule has 1 aromatic rings. The van der Waals surface area contributed by atoms with E-state index >= 15 is 0 Å². The van der Waals surface area contributed by atoms with Crippen LogP contribution in [0, 0.1) is 0 Å². The van der Waals surface area contributed by atoms with Gasteiger partial charge in [0, 0.05) is 6.92 Å². The molecule has 0 amide bonds. The first kappa shape index (κ1) is 14.8. The van der Waals surface area contributed by atoms with Gasteiger partial charge in [-0.25, -0.2) is 0 Å². The van der Waals surface area contributed by atoms with Crippen LogP contribution in [0.15, 0.2) is 43.0 Å². The van der Waals surface area contributed by atoms with Crippen LogP contribution in [0.5, 0.6) is 0 Å². The molecule has 1 aliphatic carbocycles. The van der Waals surface area contributed by atoms with Crippen LogP contribution >= 0.6 is 0 Å². The molecule has 1 saturated carbocycles. The van der Waals surface area contributed by atoms with Gasteiger partial charge < -0.3 is 9.47 Å². The molecule has 2 rings (SSSR count). The van der Waals surface area contributed by atoms with Gasteiger partial charge in [0.25, 0.3) is 0 Å². The summed E-state index contributed by atoms with van der Waals surface area (Å²) in [6, 6.07) is 10.2. The summed E-state index contributed by atoms with van der Waals surface area (Å²) in [4.78, 5) is 11.2. The Morgan fingerprint density at radius 3 is 2.55 bits per heavy atom. The summed E-state index contributed by atoms with van der Waals surface area (Å²) in [5.41, 5.74) is 0.700. The highest BCUT2D eigenvalue weighted by Crippen LogP contribution is 2.34. The smallest absolute Gasteiger partial charge is 0.303 e. The van der Waals surface area contributed by atoms with Gasteiger partial charge in [0.2, 0.25) is 0 Å². The number of hydrogen-bond acceptors (Lipinski definition) is 3. The lowest BCUT2D eigenvalue weighted by Gasteiger charge is -2.37. The Morgan fingerprint density at radius 2 is 2.00 bits per heavy atom. The summed E-state index contributed by atoms with van der Waals surface area (Å²) in [6.45, 7) is 5.90. The molecule has 20 heavy (non-hydrogen) atoms. The first-order valence-electron chi connectivity index (χ1n) is 7.12. The zero-order valence-electron chi connectivity index (χ0n) is 12.0. The normalized spacial score (nSPS) is 25.9. The summed E-state index contributed by atoms with van der Waals surface area (Å²) in [6.07, 6.45) is 5.37. The molecule has 0 atom stereocenters. The van der Waals surface area contributed by atoms with Crippen molar-refractivity contribution in [2.75, 3.05) is 0 Å². The zero-order chi connectivity index (χ0) is 14.4. The highest BCUT2D eigenvalue weighted by Gasteiger charge is 2.35. The van der Waals surface area contributed by atoms with Crippen molar-refractivity contribution in [2.45, 2.75) is 50.9 Å². The van der Waals surface area contributed by atoms with Crippen LogP contribution in [0.2, 0.25) is 0 Å². The Kier molecular flexibility index (Phi) is 4.96. The van der Waals surface area contributed by atoms with Gasteiger partial charge in [0.1, 0.15) is 5.60 Å². The molecule has 0 N–H and O–H groups in total. The topological polar surface area (TPSA) is 35.5 Å². The van der Waals surface area contributed by atoms with E-state index in [1.165, 1.54) is 12.5 Å². The second-order valence-corrected chi connectivity index (χ2v) is 5.36. The van der Waals surface area contributed by atoms with Crippen LogP contribution < -0.4 is 0 Å². The van der Waals surface area contributed by atoms with E-state index in [1.54, 1.807) is 6.08 Å². The van der Waals surface area contributed by atoms with Crippen LogP contribution in [-0.4, -0.2) is 17.7 Å². The molecule has 3 nitrogen and oxygen atoms in total. The van der Waals surface area contributed by atoms with E-state index in [4.69, 9.17) is 9.47 Å². The van der Waals surface area contributed by atoms with E-state index in [1.807, 2.05) is 18.2 Å². The van der Waals surface area contributed by atoms with Crippen LogP contribution in [0.1, 0.15) is 38.2 Å². The molecule has 0 unspecified atom stereocenters. The molecule has 0 saturated heterocycles. The molecule has 3 heteroatoms. The van der Waals surface area contributed by atoms with Crippen molar-refractivity contribution in [1.82, 2.24) is 0 Å². The van der Waals surface area contributed by atoms with Gasteiger partial charge in [-0.15, -0.1) is 0 Å². The van der Waals surface area contributed by atoms with Crippen molar-refractivity contribution >= 4 is 5.97 Å². The lowest BCUT2D eigenvalue weighted by molar-refractivity contribution is -0.157. The van der Waals surface area contributed by atoms with Crippen LogP contribution in [0.25, 0.3) is 0 Å². The Morgan fingerprint density at radius 1 is 1.35 bits per heavy atom. The van der Waals surface area contributed by atoms with Crippen LogP contribution in [0.3, 0.4) is 0 Å². The van der Waals surface area contributed by atoms with Crippen molar-refractivity contribution in [2.24, 2.45) is 0 Å². The van der Waals surface area contributed by atoms with Crippen molar-refractivity contribution < 1.29 is 14.3 Å². The molecule has 0 aliphatic heterocycles.